The number of nitrogens with zero attached hydrogens (tertiary/aromatic N) is 4. The van der Waals surface area contributed by atoms with Gasteiger partial charge in [-0.2, -0.15) is 20.1 Å². The fraction of sp³-hybridized carbons (Fsp3) is 0.103. The van der Waals surface area contributed by atoms with Crippen LogP contribution in [0.2, 0.25) is 10.0 Å². The number of ether oxygens (including phenoxy) is 2. The molecule has 214 valence electrons. The van der Waals surface area contributed by atoms with Crippen LogP contribution in [0.15, 0.2) is 93.1 Å². The maximum atomic E-state index is 6.31. The molecule has 5 aromatic rings. The zero-order valence-electron chi connectivity index (χ0n) is 22.1. The number of aromatic nitrogens is 3. The van der Waals surface area contributed by atoms with Crippen molar-refractivity contribution in [1.29, 1.82) is 0 Å². The summed E-state index contributed by atoms with van der Waals surface area (Å²) in [6, 6.07) is 21.9. The van der Waals surface area contributed by atoms with Gasteiger partial charge in [-0.05, 0) is 66.7 Å². The summed E-state index contributed by atoms with van der Waals surface area (Å²) in [4.78, 5) is 13.4. The van der Waals surface area contributed by atoms with E-state index < -0.39 is 0 Å². The third-order valence-electron chi connectivity index (χ3n) is 5.72. The van der Waals surface area contributed by atoms with Gasteiger partial charge >= 0.3 is 0 Å². The van der Waals surface area contributed by atoms with E-state index >= 15 is 0 Å². The molecule has 3 N–H and O–H groups in total. The van der Waals surface area contributed by atoms with Crippen molar-refractivity contribution in [3.05, 3.63) is 110 Å². The van der Waals surface area contributed by atoms with Crippen LogP contribution in [-0.2, 0) is 13.2 Å². The molecule has 3 aromatic carbocycles. The van der Waals surface area contributed by atoms with E-state index in [-0.39, 0.29) is 12.6 Å². The maximum Gasteiger partial charge on any atom is 0.250 e. The molecule has 0 spiro atoms. The van der Waals surface area contributed by atoms with Gasteiger partial charge in [0.25, 0.3) is 0 Å². The molecule has 2 aromatic heterocycles. The number of anilines is 4. The highest BCUT2D eigenvalue weighted by Crippen LogP contribution is 2.26. The number of methoxy groups -OCH3 is 1. The Kier molecular flexibility index (Phi) is 9.75. The van der Waals surface area contributed by atoms with Crippen LogP contribution in [0.3, 0.4) is 0 Å². The van der Waals surface area contributed by atoms with Crippen molar-refractivity contribution < 1.29 is 13.9 Å². The SMILES string of the molecule is COc1ccc(Nc2nc(NCc3ccco3)nc(NN=Cc3cc(Br)ccc3OCc3ccc(Cl)cc3Cl)n2)cc1. The van der Waals surface area contributed by atoms with E-state index in [0.717, 1.165) is 27.2 Å². The highest BCUT2D eigenvalue weighted by atomic mass is 79.9. The van der Waals surface area contributed by atoms with E-state index in [1.807, 2.05) is 60.7 Å². The molecule has 0 fully saturated rings. The smallest absolute Gasteiger partial charge is 0.250 e. The molecule has 0 saturated carbocycles. The predicted molar refractivity (Wildman–Crippen MR) is 168 cm³/mol. The molecule has 13 heteroatoms. The van der Waals surface area contributed by atoms with Crippen molar-refractivity contribution in [2.45, 2.75) is 13.2 Å². The van der Waals surface area contributed by atoms with Crippen LogP contribution in [0.25, 0.3) is 0 Å². The van der Waals surface area contributed by atoms with E-state index in [1.165, 1.54) is 0 Å². The lowest BCUT2D eigenvalue weighted by Crippen LogP contribution is -2.09. The normalized spacial score (nSPS) is 11.0. The van der Waals surface area contributed by atoms with E-state index in [9.17, 15) is 0 Å². The second kappa shape index (κ2) is 14.0. The number of hydrogen-bond donors (Lipinski definition) is 3. The van der Waals surface area contributed by atoms with Gasteiger partial charge in [-0.25, -0.2) is 5.43 Å². The lowest BCUT2D eigenvalue weighted by atomic mass is 10.2. The van der Waals surface area contributed by atoms with Gasteiger partial charge in [0.1, 0.15) is 23.9 Å². The van der Waals surface area contributed by atoms with Crippen LogP contribution in [0, 0.1) is 0 Å². The summed E-state index contributed by atoms with van der Waals surface area (Å²) in [6.07, 6.45) is 3.21. The molecule has 5 rings (SSSR count). The lowest BCUT2D eigenvalue weighted by Gasteiger charge is -2.11. The summed E-state index contributed by atoms with van der Waals surface area (Å²) < 4.78 is 17.5. The minimum absolute atomic E-state index is 0.213. The predicted octanol–water partition coefficient (Wildman–Crippen LogP) is 7.92. The second-order valence-electron chi connectivity index (χ2n) is 8.67. The number of rotatable bonds is 12. The summed E-state index contributed by atoms with van der Waals surface area (Å²) in [5, 5.41) is 11.8. The van der Waals surface area contributed by atoms with Gasteiger partial charge in [-0.15, -0.1) is 0 Å². The minimum Gasteiger partial charge on any atom is -0.497 e. The van der Waals surface area contributed by atoms with E-state index in [0.29, 0.717) is 39.8 Å². The maximum absolute atomic E-state index is 6.31. The fourth-order valence-electron chi connectivity index (χ4n) is 3.65. The van der Waals surface area contributed by atoms with Crippen molar-refractivity contribution in [2.24, 2.45) is 5.10 Å². The molecule has 0 aliphatic heterocycles. The Morgan fingerprint density at radius 3 is 2.52 bits per heavy atom. The molecule has 0 radical (unpaired) electrons. The first kappa shape index (κ1) is 29.2. The van der Waals surface area contributed by atoms with E-state index in [4.69, 9.17) is 37.1 Å². The molecule has 0 atom stereocenters. The number of benzene rings is 3. The first-order valence-corrected chi connectivity index (χ1v) is 14.1. The molecule has 0 bridgehead atoms. The first-order valence-electron chi connectivity index (χ1n) is 12.5. The minimum atomic E-state index is 0.213. The molecule has 0 saturated heterocycles. The highest BCUT2D eigenvalue weighted by Gasteiger charge is 2.10. The van der Waals surface area contributed by atoms with Gasteiger partial charge in [0.15, 0.2) is 0 Å². The quantitative estimate of drug-likeness (QED) is 0.0899. The van der Waals surface area contributed by atoms with Gasteiger partial charge in [-0.3, -0.25) is 0 Å². The standard InChI is InChI=1S/C29H24BrCl2N7O3/c1-40-23-9-7-22(8-10-23)35-28-36-27(33-16-24-3-2-12-41-24)37-29(38-28)39-34-15-19-13-20(30)5-11-26(19)42-17-18-4-6-21(31)14-25(18)32/h2-15H,16-17H2,1H3,(H3,33,35,36,37,38,39). The summed E-state index contributed by atoms with van der Waals surface area (Å²) in [5.41, 5.74) is 5.17. The average molecular weight is 669 g/mol. The van der Waals surface area contributed by atoms with Crippen LogP contribution < -0.4 is 25.5 Å². The Bertz CT molecular complexity index is 1670. The van der Waals surface area contributed by atoms with Gasteiger partial charge in [-0.1, -0.05) is 45.2 Å². The topological polar surface area (TPSA) is 119 Å². The molecule has 42 heavy (non-hydrogen) atoms. The zero-order valence-corrected chi connectivity index (χ0v) is 25.2. The molecule has 0 aliphatic rings. The van der Waals surface area contributed by atoms with Crippen LogP contribution in [0.4, 0.5) is 23.5 Å². The Morgan fingerprint density at radius 2 is 1.76 bits per heavy atom. The van der Waals surface area contributed by atoms with Crippen LogP contribution in [0.5, 0.6) is 11.5 Å². The Balaban J connectivity index is 1.33. The molecule has 0 aliphatic carbocycles. The lowest BCUT2D eigenvalue weighted by molar-refractivity contribution is 0.306. The summed E-state index contributed by atoms with van der Waals surface area (Å²) in [7, 11) is 1.61. The highest BCUT2D eigenvalue weighted by molar-refractivity contribution is 9.10. The van der Waals surface area contributed by atoms with Crippen LogP contribution >= 0.6 is 39.1 Å². The molecular weight excluding hydrogens is 645 g/mol. The number of nitrogens with one attached hydrogen (secondary N) is 3. The van der Waals surface area contributed by atoms with Crippen molar-refractivity contribution in [3.8, 4) is 11.5 Å². The number of hydrogen-bond acceptors (Lipinski definition) is 10. The third-order valence-corrected chi connectivity index (χ3v) is 6.80. The van der Waals surface area contributed by atoms with Gasteiger partial charge in [0.05, 0.1) is 26.1 Å². The third kappa shape index (κ3) is 8.12. The molecule has 2 heterocycles. The summed E-state index contributed by atoms with van der Waals surface area (Å²) in [5.74, 6) is 2.91. The van der Waals surface area contributed by atoms with Gasteiger partial charge in [0.2, 0.25) is 17.8 Å². The summed E-state index contributed by atoms with van der Waals surface area (Å²) >= 11 is 15.8. The van der Waals surface area contributed by atoms with Gasteiger partial charge in [0, 0.05) is 31.3 Å². The number of hydrazone groups is 1. The van der Waals surface area contributed by atoms with Crippen LogP contribution in [0.1, 0.15) is 16.9 Å². The molecule has 0 amide bonds. The van der Waals surface area contributed by atoms with E-state index in [2.05, 4.69) is 52.0 Å². The largest absolute Gasteiger partial charge is 0.497 e. The fourth-order valence-corrected chi connectivity index (χ4v) is 4.49. The zero-order chi connectivity index (χ0) is 29.3. The molecule has 0 unspecified atom stereocenters. The Morgan fingerprint density at radius 1 is 0.952 bits per heavy atom. The van der Waals surface area contributed by atoms with Crippen molar-refractivity contribution in [1.82, 2.24) is 15.0 Å². The van der Waals surface area contributed by atoms with Crippen molar-refractivity contribution in [3.63, 3.8) is 0 Å². The number of furan rings is 1. The summed E-state index contributed by atoms with van der Waals surface area (Å²) in [6.45, 7) is 0.641. The van der Waals surface area contributed by atoms with Crippen molar-refractivity contribution in [2.75, 3.05) is 23.2 Å². The van der Waals surface area contributed by atoms with Crippen LogP contribution in [-0.4, -0.2) is 28.3 Å². The number of halogens is 3. The monoisotopic (exact) mass is 667 g/mol. The Labute approximate surface area is 260 Å². The second-order valence-corrected chi connectivity index (χ2v) is 10.4. The van der Waals surface area contributed by atoms with Gasteiger partial charge < -0.3 is 24.5 Å². The van der Waals surface area contributed by atoms with E-state index in [1.54, 1.807) is 31.7 Å². The van der Waals surface area contributed by atoms with Crippen molar-refractivity contribution >= 4 is 68.9 Å². The molecular formula is C29H24BrCl2N7O3. The Hall–Kier alpha value is -4.32. The average Bonchev–Trinajstić information content (AvgIpc) is 3.51. The first-order chi connectivity index (χ1) is 20.4. The molecule has 10 nitrogen and oxygen atoms in total.